The average molecular weight is 355 g/mol. The van der Waals surface area contributed by atoms with E-state index in [1.54, 1.807) is 29.1 Å². The first-order chi connectivity index (χ1) is 12.1. The molecule has 3 aromatic rings. The lowest BCUT2D eigenvalue weighted by molar-refractivity contribution is 0.189. The van der Waals surface area contributed by atoms with Crippen LogP contribution in [0.25, 0.3) is 10.9 Å². The first-order valence-electron chi connectivity index (χ1n) is 8.38. The van der Waals surface area contributed by atoms with Gasteiger partial charge < -0.3 is 0 Å². The molecule has 1 aliphatic carbocycles. The van der Waals surface area contributed by atoms with Gasteiger partial charge in [0.15, 0.2) is 0 Å². The van der Waals surface area contributed by atoms with Crippen molar-refractivity contribution in [3.8, 4) is 0 Å². The number of pyridine rings is 1. The minimum atomic E-state index is -3.56. The minimum Gasteiger partial charge on any atom is -0.255 e. The first kappa shape index (κ1) is 15.0. The summed E-state index contributed by atoms with van der Waals surface area (Å²) in [7, 11) is -3.56. The van der Waals surface area contributed by atoms with E-state index in [4.69, 9.17) is 0 Å². The Labute approximate surface area is 145 Å². The molecule has 3 heterocycles. The van der Waals surface area contributed by atoms with Crippen molar-refractivity contribution in [1.82, 2.24) is 24.3 Å². The molecule has 25 heavy (non-hydrogen) atoms. The summed E-state index contributed by atoms with van der Waals surface area (Å²) >= 11 is 0. The van der Waals surface area contributed by atoms with Crippen molar-refractivity contribution in [3.63, 3.8) is 0 Å². The number of fused-ring (bicyclic) bond motifs is 1. The number of hydrogen-bond acceptors (Lipinski definition) is 5. The van der Waals surface area contributed by atoms with E-state index in [2.05, 4.69) is 15.3 Å². The molecule has 0 bridgehead atoms. The van der Waals surface area contributed by atoms with Gasteiger partial charge >= 0.3 is 0 Å². The Bertz CT molecular complexity index is 1050. The Kier molecular flexibility index (Phi) is 3.20. The van der Waals surface area contributed by atoms with E-state index >= 15 is 0 Å². The molecule has 0 N–H and O–H groups in total. The third-order valence-corrected chi connectivity index (χ3v) is 6.80. The highest BCUT2D eigenvalue weighted by molar-refractivity contribution is 7.89. The molecule has 0 spiro atoms. The van der Waals surface area contributed by atoms with E-state index in [1.807, 2.05) is 18.3 Å². The smallest absolute Gasteiger partial charge is 0.245 e. The van der Waals surface area contributed by atoms with Gasteiger partial charge in [0.1, 0.15) is 4.90 Å². The monoisotopic (exact) mass is 355 g/mol. The topological polar surface area (TPSA) is 81.0 Å². The molecule has 128 valence electrons. The number of nitrogens with zero attached hydrogens (tertiary/aromatic N) is 5. The van der Waals surface area contributed by atoms with Crippen LogP contribution in [0.4, 0.5) is 0 Å². The van der Waals surface area contributed by atoms with Crippen LogP contribution in [0, 0.1) is 0 Å². The normalized spacial score (nSPS) is 19.2. The molecule has 1 saturated carbocycles. The predicted octanol–water partition coefficient (Wildman–Crippen LogP) is 1.95. The molecule has 0 radical (unpaired) electrons. The number of aromatic nitrogens is 4. The van der Waals surface area contributed by atoms with Gasteiger partial charge in [-0.1, -0.05) is 23.4 Å². The van der Waals surface area contributed by atoms with Crippen LogP contribution in [0.1, 0.15) is 30.5 Å². The second-order valence-corrected chi connectivity index (χ2v) is 8.61. The van der Waals surface area contributed by atoms with Crippen LogP contribution in [0.2, 0.25) is 0 Å². The lowest BCUT2D eigenvalue weighted by Gasteiger charge is -2.37. The van der Waals surface area contributed by atoms with E-state index in [9.17, 15) is 8.42 Å². The SMILES string of the molecule is O=S(=O)(c1cccc2cccnc12)N1CC(n2cc(C3CC3)nn2)C1. The highest BCUT2D eigenvalue weighted by Gasteiger charge is 2.39. The maximum atomic E-state index is 13.0. The fraction of sp³-hybridized carbons (Fsp3) is 0.353. The van der Waals surface area contributed by atoms with E-state index in [0.717, 1.165) is 11.1 Å². The quantitative estimate of drug-likeness (QED) is 0.714. The van der Waals surface area contributed by atoms with Crippen LogP contribution in [0.15, 0.2) is 47.6 Å². The van der Waals surface area contributed by atoms with Gasteiger partial charge in [-0.2, -0.15) is 4.31 Å². The van der Waals surface area contributed by atoms with Gasteiger partial charge in [0.25, 0.3) is 0 Å². The zero-order valence-electron chi connectivity index (χ0n) is 13.5. The van der Waals surface area contributed by atoms with Crippen molar-refractivity contribution >= 4 is 20.9 Å². The van der Waals surface area contributed by atoms with Crippen molar-refractivity contribution in [3.05, 3.63) is 48.4 Å². The first-order valence-corrected chi connectivity index (χ1v) is 9.82. The Morgan fingerprint density at radius 3 is 2.68 bits per heavy atom. The van der Waals surface area contributed by atoms with Gasteiger partial charge in [-0.05, 0) is 25.0 Å². The zero-order valence-corrected chi connectivity index (χ0v) is 14.3. The molecular weight excluding hydrogens is 338 g/mol. The summed E-state index contributed by atoms with van der Waals surface area (Å²) < 4.78 is 29.2. The van der Waals surface area contributed by atoms with Crippen molar-refractivity contribution in [2.45, 2.75) is 29.7 Å². The number of para-hydroxylation sites is 1. The van der Waals surface area contributed by atoms with Crippen LogP contribution in [0.3, 0.4) is 0 Å². The molecule has 0 amide bonds. The number of hydrogen-bond donors (Lipinski definition) is 0. The Morgan fingerprint density at radius 1 is 1.08 bits per heavy atom. The summed E-state index contributed by atoms with van der Waals surface area (Å²) in [6, 6.07) is 8.98. The molecule has 2 aliphatic rings. The lowest BCUT2D eigenvalue weighted by Crippen LogP contribution is -2.50. The van der Waals surface area contributed by atoms with Crippen LogP contribution >= 0.6 is 0 Å². The third-order valence-electron chi connectivity index (χ3n) is 4.94. The number of sulfonamides is 1. The summed E-state index contributed by atoms with van der Waals surface area (Å²) in [6.45, 7) is 0.831. The summed E-state index contributed by atoms with van der Waals surface area (Å²) in [6.07, 6.45) is 5.94. The lowest BCUT2D eigenvalue weighted by atomic mass is 10.2. The van der Waals surface area contributed by atoms with Gasteiger partial charge in [0.05, 0.1) is 17.3 Å². The Balaban J connectivity index is 1.39. The van der Waals surface area contributed by atoms with E-state index < -0.39 is 10.0 Å². The molecule has 0 atom stereocenters. The van der Waals surface area contributed by atoms with Gasteiger partial charge in [-0.25, -0.2) is 13.1 Å². The molecule has 1 aromatic carbocycles. The summed E-state index contributed by atoms with van der Waals surface area (Å²) in [5.74, 6) is 0.551. The Hall–Kier alpha value is -2.32. The fourth-order valence-corrected chi connectivity index (χ4v) is 4.92. The third kappa shape index (κ3) is 2.44. The van der Waals surface area contributed by atoms with Crippen LogP contribution in [-0.2, 0) is 10.0 Å². The van der Waals surface area contributed by atoms with E-state index in [0.29, 0.717) is 24.5 Å². The molecule has 1 saturated heterocycles. The van der Waals surface area contributed by atoms with Crippen molar-refractivity contribution < 1.29 is 8.42 Å². The van der Waals surface area contributed by atoms with Gasteiger partial charge in [-0.3, -0.25) is 4.98 Å². The predicted molar refractivity (Wildman–Crippen MR) is 91.5 cm³/mol. The van der Waals surface area contributed by atoms with Gasteiger partial charge in [0.2, 0.25) is 10.0 Å². The Morgan fingerprint density at radius 2 is 1.88 bits per heavy atom. The standard InChI is InChI=1S/C17H17N5O2S/c23-25(24,16-5-1-3-13-4-2-8-18-17(13)16)21-9-14(10-21)22-11-15(19-20-22)12-6-7-12/h1-5,8,11-12,14H,6-7,9-10H2. The molecule has 0 unspecified atom stereocenters. The highest BCUT2D eigenvalue weighted by Crippen LogP contribution is 2.39. The largest absolute Gasteiger partial charge is 0.255 e. The minimum absolute atomic E-state index is 0.0534. The maximum Gasteiger partial charge on any atom is 0.245 e. The van der Waals surface area contributed by atoms with Crippen LogP contribution < -0.4 is 0 Å². The van der Waals surface area contributed by atoms with E-state index in [-0.39, 0.29) is 10.9 Å². The van der Waals surface area contributed by atoms with Gasteiger partial charge in [0, 0.05) is 36.8 Å². The number of benzene rings is 1. The molecule has 7 nitrogen and oxygen atoms in total. The molecule has 1 aliphatic heterocycles. The second kappa shape index (κ2) is 5.34. The van der Waals surface area contributed by atoms with E-state index in [1.165, 1.54) is 17.1 Å². The molecule has 5 rings (SSSR count). The second-order valence-electron chi connectivity index (χ2n) is 6.70. The van der Waals surface area contributed by atoms with Crippen molar-refractivity contribution in [1.29, 1.82) is 0 Å². The molecule has 2 aromatic heterocycles. The molecular formula is C17H17N5O2S. The van der Waals surface area contributed by atoms with Gasteiger partial charge in [-0.15, -0.1) is 5.10 Å². The maximum absolute atomic E-state index is 13.0. The summed E-state index contributed by atoms with van der Waals surface area (Å²) in [5.41, 5.74) is 1.55. The van der Waals surface area contributed by atoms with Crippen molar-refractivity contribution in [2.24, 2.45) is 0 Å². The summed E-state index contributed by atoms with van der Waals surface area (Å²) in [5, 5.41) is 9.20. The highest BCUT2D eigenvalue weighted by atomic mass is 32.2. The summed E-state index contributed by atoms with van der Waals surface area (Å²) in [4.78, 5) is 4.53. The average Bonchev–Trinajstić information content (AvgIpc) is 3.32. The van der Waals surface area contributed by atoms with Crippen LogP contribution in [0.5, 0.6) is 0 Å². The zero-order chi connectivity index (χ0) is 17.0. The van der Waals surface area contributed by atoms with Crippen molar-refractivity contribution in [2.75, 3.05) is 13.1 Å². The molecule has 2 fully saturated rings. The number of rotatable bonds is 4. The fourth-order valence-electron chi connectivity index (χ4n) is 3.24. The van der Waals surface area contributed by atoms with Crippen LogP contribution in [-0.4, -0.2) is 45.8 Å². The molecule has 8 heteroatoms.